The minimum atomic E-state index is -0.547. The Morgan fingerprint density at radius 1 is 1.27 bits per heavy atom. The van der Waals surface area contributed by atoms with E-state index in [1.807, 2.05) is 27.7 Å². The summed E-state index contributed by atoms with van der Waals surface area (Å²) in [5.74, 6) is -0.275. The van der Waals surface area contributed by atoms with Gasteiger partial charge in [0.2, 0.25) is 0 Å². The molecule has 5 heteroatoms. The quantitative estimate of drug-likeness (QED) is 0.781. The van der Waals surface area contributed by atoms with Gasteiger partial charge in [-0.25, -0.2) is 9.18 Å². The van der Waals surface area contributed by atoms with Crippen LogP contribution in [0.15, 0.2) is 24.3 Å². The van der Waals surface area contributed by atoms with E-state index >= 15 is 0 Å². The number of hydrogen-bond donors (Lipinski definition) is 1. The van der Waals surface area contributed by atoms with E-state index in [0.717, 1.165) is 12.0 Å². The Morgan fingerprint density at radius 3 is 2.45 bits per heavy atom. The Balaban J connectivity index is 2.62. The Bertz CT molecular complexity index is 454. The van der Waals surface area contributed by atoms with E-state index in [-0.39, 0.29) is 11.9 Å². The number of hydrogen-bond acceptors (Lipinski definition) is 3. The van der Waals surface area contributed by atoms with E-state index in [2.05, 4.69) is 5.32 Å². The van der Waals surface area contributed by atoms with Gasteiger partial charge in [0.05, 0.1) is 12.6 Å². The molecule has 0 saturated carbocycles. The topological polar surface area (TPSA) is 47.6 Å². The van der Waals surface area contributed by atoms with E-state index in [9.17, 15) is 9.18 Å². The van der Waals surface area contributed by atoms with Crippen LogP contribution in [-0.4, -0.2) is 30.9 Å². The van der Waals surface area contributed by atoms with Crippen molar-refractivity contribution in [2.75, 3.05) is 13.2 Å². The number of ether oxygens (including phenoxy) is 2. The molecule has 0 fully saturated rings. The van der Waals surface area contributed by atoms with Gasteiger partial charge in [-0.05, 0) is 51.3 Å². The Labute approximate surface area is 132 Å². The van der Waals surface area contributed by atoms with E-state index in [1.54, 1.807) is 12.1 Å². The van der Waals surface area contributed by atoms with E-state index in [4.69, 9.17) is 9.47 Å². The molecule has 0 aliphatic rings. The zero-order chi connectivity index (χ0) is 16.6. The first-order valence-corrected chi connectivity index (χ1v) is 7.62. The largest absolute Gasteiger partial charge is 0.444 e. The van der Waals surface area contributed by atoms with E-state index in [0.29, 0.717) is 19.6 Å². The molecule has 0 heterocycles. The van der Waals surface area contributed by atoms with Gasteiger partial charge in [-0.3, -0.25) is 0 Å². The lowest BCUT2D eigenvalue weighted by Crippen LogP contribution is -2.42. The first kappa shape index (κ1) is 18.4. The van der Waals surface area contributed by atoms with Crippen molar-refractivity contribution in [3.8, 4) is 0 Å². The minimum Gasteiger partial charge on any atom is -0.444 e. The van der Waals surface area contributed by atoms with Crippen LogP contribution in [0.25, 0.3) is 0 Å². The molecule has 1 N–H and O–H groups in total. The number of halogens is 1. The Morgan fingerprint density at radius 2 is 1.91 bits per heavy atom. The summed E-state index contributed by atoms with van der Waals surface area (Å²) in [4.78, 5) is 11.9. The maximum atomic E-state index is 13.0. The van der Waals surface area contributed by atoms with Crippen molar-refractivity contribution in [1.82, 2.24) is 5.32 Å². The molecule has 0 radical (unpaired) electrons. The lowest BCUT2D eigenvalue weighted by molar-refractivity contribution is 0.0442. The average molecular weight is 311 g/mol. The fourth-order valence-electron chi connectivity index (χ4n) is 1.90. The van der Waals surface area contributed by atoms with Crippen molar-refractivity contribution >= 4 is 6.09 Å². The SMILES string of the molecule is CCCOCC(Cc1ccc(F)cc1)NC(=O)OC(C)(C)C. The summed E-state index contributed by atoms with van der Waals surface area (Å²) in [6.07, 6.45) is 0.999. The summed E-state index contributed by atoms with van der Waals surface area (Å²) in [5, 5.41) is 2.82. The maximum absolute atomic E-state index is 13.0. The zero-order valence-corrected chi connectivity index (χ0v) is 13.8. The molecule has 0 saturated heterocycles. The highest BCUT2D eigenvalue weighted by molar-refractivity contribution is 5.68. The second-order valence-electron chi connectivity index (χ2n) is 6.25. The summed E-state index contributed by atoms with van der Waals surface area (Å²) in [6, 6.07) is 6.02. The molecule has 0 aliphatic heterocycles. The van der Waals surface area contributed by atoms with Gasteiger partial charge in [-0.15, -0.1) is 0 Å². The molecule has 1 unspecified atom stereocenters. The lowest BCUT2D eigenvalue weighted by atomic mass is 10.1. The van der Waals surface area contributed by atoms with Gasteiger partial charge < -0.3 is 14.8 Å². The number of carbonyl (C=O) groups excluding carboxylic acids is 1. The molecular formula is C17H26FNO3. The van der Waals surface area contributed by atoms with Gasteiger partial charge in [0, 0.05) is 6.61 Å². The molecule has 4 nitrogen and oxygen atoms in total. The third-order valence-corrected chi connectivity index (χ3v) is 2.78. The summed E-state index contributed by atoms with van der Waals surface area (Å²) in [7, 11) is 0. The van der Waals surface area contributed by atoms with Crippen LogP contribution in [0.2, 0.25) is 0 Å². The van der Waals surface area contributed by atoms with Crippen LogP contribution in [0, 0.1) is 5.82 Å². The number of amides is 1. The minimum absolute atomic E-state index is 0.216. The lowest BCUT2D eigenvalue weighted by Gasteiger charge is -2.23. The van der Waals surface area contributed by atoms with E-state index in [1.165, 1.54) is 12.1 Å². The molecule has 22 heavy (non-hydrogen) atoms. The Hall–Kier alpha value is -1.62. The fraction of sp³-hybridized carbons (Fsp3) is 0.588. The highest BCUT2D eigenvalue weighted by Gasteiger charge is 2.20. The summed E-state index contributed by atoms with van der Waals surface area (Å²) >= 11 is 0. The van der Waals surface area contributed by atoms with Crippen LogP contribution in [0.4, 0.5) is 9.18 Å². The third-order valence-electron chi connectivity index (χ3n) is 2.78. The molecular weight excluding hydrogens is 285 g/mol. The molecule has 0 aliphatic carbocycles. The van der Waals surface area contributed by atoms with Crippen LogP contribution in [0.1, 0.15) is 39.7 Å². The third kappa shape index (κ3) is 7.98. The number of nitrogens with one attached hydrogen (secondary N) is 1. The van der Waals surface area contributed by atoms with E-state index < -0.39 is 11.7 Å². The molecule has 1 aromatic carbocycles. The second kappa shape index (κ2) is 8.73. The van der Waals surface area contributed by atoms with Gasteiger partial charge in [-0.2, -0.15) is 0 Å². The molecule has 0 aromatic heterocycles. The van der Waals surface area contributed by atoms with Crippen LogP contribution in [0.3, 0.4) is 0 Å². The van der Waals surface area contributed by atoms with Crippen molar-refractivity contribution in [2.24, 2.45) is 0 Å². The first-order chi connectivity index (χ1) is 10.3. The van der Waals surface area contributed by atoms with Crippen LogP contribution >= 0.6 is 0 Å². The van der Waals surface area contributed by atoms with Crippen LogP contribution < -0.4 is 5.32 Å². The first-order valence-electron chi connectivity index (χ1n) is 7.62. The molecule has 1 atom stereocenters. The Kier molecular flexibility index (Phi) is 7.32. The number of benzene rings is 1. The maximum Gasteiger partial charge on any atom is 0.407 e. The predicted octanol–water partition coefficient (Wildman–Crippen LogP) is 3.69. The van der Waals surface area contributed by atoms with Crippen molar-refractivity contribution in [1.29, 1.82) is 0 Å². The second-order valence-corrected chi connectivity index (χ2v) is 6.25. The van der Waals surface area contributed by atoms with Gasteiger partial charge in [-0.1, -0.05) is 19.1 Å². The van der Waals surface area contributed by atoms with Crippen molar-refractivity contribution < 1.29 is 18.7 Å². The highest BCUT2D eigenvalue weighted by Crippen LogP contribution is 2.09. The summed E-state index contributed by atoms with van der Waals surface area (Å²) in [5.41, 5.74) is 0.386. The number of alkyl carbamates (subject to hydrolysis) is 1. The predicted molar refractivity (Wildman–Crippen MR) is 84.4 cm³/mol. The molecule has 1 rings (SSSR count). The van der Waals surface area contributed by atoms with Gasteiger partial charge in [0.1, 0.15) is 11.4 Å². The number of rotatable bonds is 7. The molecule has 124 valence electrons. The van der Waals surface area contributed by atoms with Crippen molar-refractivity contribution in [3.05, 3.63) is 35.6 Å². The molecule has 1 aromatic rings. The van der Waals surface area contributed by atoms with Gasteiger partial charge in [0.15, 0.2) is 0 Å². The van der Waals surface area contributed by atoms with Gasteiger partial charge in [0.25, 0.3) is 0 Å². The van der Waals surface area contributed by atoms with Gasteiger partial charge >= 0.3 is 6.09 Å². The summed E-state index contributed by atoms with van der Waals surface area (Å²) in [6.45, 7) is 8.50. The molecule has 0 spiro atoms. The summed E-state index contributed by atoms with van der Waals surface area (Å²) < 4.78 is 23.7. The normalized spacial score (nSPS) is 12.8. The van der Waals surface area contributed by atoms with Crippen molar-refractivity contribution in [3.63, 3.8) is 0 Å². The molecule has 0 bridgehead atoms. The number of carbonyl (C=O) groups is 1. The van der Waals surface area contributed by atoms with Crippen LogP contribution in [0.5, 0.6) is 0 Å². The fourth-order valence-corrected chi connectivity index (χ4v) is 1.90. The smallest absolute Gasteiger partial charge is 0.407 e. The average Bonchev–Trinajstić information content (AvgIpc) is 2.39. The molecule has 1 amide bonds. The monoisotopic (exact) mass is 311 g/mol. The standard InChI is InChI=1S/C17H26FNO3/c1-5-10-21-12-15(19-16(20)22-17(2,3)4)11-13-6-8-14(18)9-7-13/h6-9,15H,5,10-12H2,1-4H3,(H,19,20). The highest BCUT2D eigenvalue weighted by atomic mass is 19.1. The van der Waals surface area contributed by atoms with Crippen molar-refractivity contribution in [2.45, 2.75) is 52.2 Å². The zero-order valence-electron chi connectivity index (χ0n) is 13.8. The van der Waals surface area contributed by atoms with Crippen LogP contribution in [-0.2, 0) is 15.9 Å².